The van der Waals surface area contributed by atoms with Crippen molar-refractivity contribution in [1.29, 1.82) is 0 Å². The Bertz CT molecular complexity index is 303. The maximum absolute atomic E-state index is 5.41. The van der Waals surface area contributed by atoms with E-state index in [0.29, 0.717) is 11.8 Å². The van der Waals surface area contributed by atoms with Crippen LogP contribution >= 0.6 is 0 Å². The Morgan fingerprint density at radius 2 is 2.23 bits per heavy atom. The molecule has 1 aliphatic heterocycles. The zero-order chi connectivity index (χ0) is 8.67. The normalized spacial score (nSPS) is 40.6. The second-order valence-corrected chi connectivity index (χ2v) is 4.00. The first-order valence-electron chi connectivity index (χ1n) is 5.03. The molecule has 2 heteroatoms. The van der Waals surface area contributed by atoms with Crippen LogP contribution in [0.1, 0.15) is 19.3 Å². The number of hydrogen-bond acceptors (Lipinski definition) is 2. The lowest BCUT2D eigenvalue weighted by molar-refractivity contribution is 0.0865. The molecule has 0 radical (unpaired) electrons. The van der Waals surface area contributed by atoms with Crippen LogP contribution in [0.4, 0.5) is 0 Å². The van der Waals surface area contributed by atoms with Gasteiger partial charge in [0.25, 0.3) is 0 Å². The molecule has 0 N–H and O–H groups in total. The average molecular weight is 175 g/mol. The number of oxime groups is 1. The third-order valence-electron chi connectivity index (χ3n) is 3.23. The van der Waals surface area contributed by atoms with Gasteiger partial charge in [0, 0.05) is 0 Å². The molecule has 0 unspecified atom stereocenters. The summed E-state index contributed by atoms with van der Waals surface area (Å²) in [7, 11) is 0. The highest BCUT2D eigenvalue weighted by Crippen LogP contribution is 2.38. The number of allylic oxidation sites excluding steroid dienone is 3. The van der Waals surface area contributed by atoms with Gasteiger partial charge in [-0.25, -0.2) is 0 Å². The van der Waals surface area contributed by atoms with E-state index in [4.69, 9.17) is 4.84 Å². The minimum absolute atomic E-state index is 0.218. The average Bonchev–Trinajstić information content (AvgIpc) is 2.44. The second-order valence-electron chi connectivity index (χ2n) is 4.00. The minimum Gasteiger partial charge on any atom is -0.388 e. The van der Waals surface area contributed by atoms with Crippen molar-refractivity contribution in [2.75, 3.05) is 0 Å². The molecule has 0 amide bonds. The van der Waals surface area contributed by atoms with Gasteiger partial charge in [-0.1, -0.05) is 23.4 Å². The van der Waals surface area contributed by atoms with Gasteiger partial charge in [0.2, 0.25) is 0 Å². The predicted molar refractivity (Wildman–Crippen MR) is 51.4 cm³/mol. The Hall–Kier alpha value is -1.05. The Morgan fingerprint density at radius 3 is 3.23 bits per heavy atom. The largest absolute Gasteiger partial charge is 0.388 e. The molecular formula is C11H13NO. The van der Waals surface area contributed by atoms with E-state index in [9.17, 15) is 0 Å². The fourth-order valence-corrected chi connectivity index (χ4v) is 2.60. The Labute approximate surface area is 78.0 Å². The molecule has 0 bridgehead atoms. The van der Waals surface area contributed by atoms with Gasteiger partial charge in [0.05, 0.1) is 11.6 Å². The molecule has 1 heterocycles. The summed E-state index contributed by atoms with van der Waals surface area (Å²) in [6, 6.07) is 0. The molecular weight excluding hydrogens is 162 g/mol. The zero-order valence-electron chi connectivity index (χ0n) is 7.52. The number of rotatable bonds is 0. The Balaban J connectivity index is 1.99. The minimum atomic E-state index is 0.218. The van der Waals surface area contributed by atoms with E-state index in [1.54, 1.807) is 0 Å². The van der Waals surface area contributed by atoms with E-state index in [1.165, 1.54) is 18.6 Å². The fraction of sp³-hybridized carbons (Fsp3) is 0.545. The standard InChI is InChI=1S/C11H13NO/c1-2-7-10-11-8(4-1)5-3-6-9(11)12-13-10/h1-2,4,7-8,10-11H,3,5-6H2/t8-,10+,11+/m0/s1. The smallest absolute Gasteiger partial charge is 0.154 e. The van der Waals surface area contributed by atoms with Crippen molar-refractivity contribution in [1.82, 2.24) is 0 Å². The van der Waals surface area contributed by atoms with Crippen molar-refractivity contribution < 1.29 is 4.84 Å². The molecule has 3 aliphatic rings. The molecule has 68 valence electrons. The lowest BCUT2D eigenvalue weighted by atomic mass is 9.76. The molecule has 0 saturated heterocycles. The highest BCUT2D eigenvalue weighted by Gasteiger charge is 2.40. The van der Waals surface area contributed by atoms with E-state index in [0.717, 1.165) is 6.42 Å². The summed E-state index contributed by atoms with van der Waals surface area (Å²) in [5.74, 6) is 1.21. The van der Waals surface area contributed by atoms with E-state index in [1.807, 2.05) is 0 Å². The van der Waals surface area contributed by atoms with Crippen LogP contribution in [0.25, 0.3) is 0 Å². The van der Waals surface area contributed by atoms with Gasteiger partial charge >= 0.3 is 0 Å². The first-order chi connectivity index (χ1) is 6.45. The van der Waals surface area contributed by atoms with E-state index in [2.05, 4.69) is 29.5 Å². The third-order valence-corrected chi connectivity index (χ3v) is 3.23. The van der Waals surface area contributed by atoms with Crippen LogP contribution in [0.2, 0.25) is 0 Å². The van der Waals surface area contributed by atoms with E-state index < -0.39 is 0 Å². The lowest BCUT2D eigenvalue weighted by Gasteiger charge is -2.27. The fourth-order valence-electron chi connectivity index (χ4n) is 2.60. The van der Waals surface area contributed by atoms with Crippen molar-refractivity contribution in [2.45, 2.75) is 25.4 Å². The molecule has 0 spiro atoms. The highest BCUT2D eigenvalue weighted by atomic mass is 16.6. The van der Waals surface area contributed by atoms with Crippen LogP contribution in [0, 0.1) is 11.8 Å². The topological polar surface area (TPSA) is 21.6 Å². The first kappa shape index (κ1) is 7.36. The Morgan fingerprint density at radius 1 is 1.31 bits per heavy atom. The molecule has 0 aromatic heterocycles. The summed E-state index contributed by atoms with van der Waals surface area (Å²) in [5, 5.41) is 4.17. The van der Waals surface area contributed by atoms with Gasteiger partial charge in [-0.05, 0) is 31.3 Å². The van der Waals surface area contributed by atoms with Crippen molar-refractivity contribution in [3.8, 4) is 0 Å². The molecule has 0 aromatic carbocycles. The maximum Gasteiger partial charge on any atom is 0.154 e. The summed E-state index contributed by atoms with van der Waals surface area (Å²) in [5.41, 5.74) is 1.29. The molecule has 3 atom stereocenters. The summed E-state index contributed by atoms with van der Waals surface area (Å²) in [6.45, 7) is 0. The Kier molecular flexibility index (Phi) is 1.54. The van der Waals surface area contributed by atoms with Crippen molar-refractivity contribution in [3.63, 3.8) is 0 Å². The lowest BCUT2D eigenvalue weighted by Crippen LogP contribution is -2.31. The van der Waals surface area contributed by atoms with Gasteiger partial charge in [-0.15, -0.1) is 0 Å². The van der Waals surface area contributed by atoms with Crippen molar-refractivity contribution in [3.05, 3.63) is 24.3 Å². The summed E-state index contributed by atoms with van der Waals surface area (Å²) >= 11 is 0. The van der Waals surface area contributed by atoms with Crippen LogP contribution in [-0.4, -0.2) is 11.8 Å². The number of hydrogen-bond donors (Lipinski definition) is 0. The van der Waals surface area contributed by atoms with Crippen LogP contribution in [0.5, 0.6) is 0 Å². The molecule has 2 aliphatic carbocycles. The van der Waals surface area contributed by atoms with Crippen molar-refractivity contribution in [2.24, 2.45) is 17.0 Å². The molecule has 0 aromatic rings. The zero-order valence-corrected chi connectivity index (χ0v) is 7.52. The number of nitrogens with zero attached hydrogens (tertiary/aromatic N) is 1. The van der Waals surface area contributed by atoms with Gasteiger partial charge in [0.15, 0.2) is 6.10 Å². The predicted octanol–water partition coefficient (Wildman–Crippen LogP) is 2.28. The molecule has 1 saturated carbocycles. The summed E-state index contributed by atoms with van der Waals surface area (Å²) < 4.78 is 0. The van der Waals surface area contributed by atoms with Crippen LogP contribution in [0.15, 0.2) is 29.5 Å². The molecule has 3 rings (SSSR count). The van der Waals surface area contributed by atoms with Crippen LogP contribution in [-0.2, 0) is 4.84 Å². The first-order valence-corrected chi connectivity index (χ1v) is 5.03. The summed E-state index contributed by atoms with van der Waals surface area (Å²) in [4.78, 5) is 5.41. The SMILES string of the molecule is C1=C[C@H]2CCCC3=NO[C@H](C=C1)[C@@H]32. The second kappa shape index (κ2) is 2.72. The van der Waals surface area contributed by atoms with E-state index in [-0.39, 0.29) is 6.10 Å². The third kappa shape index (κ3) is 1.05. The molecule has 1 fully saturated rings. The van der Waals surface area contributed by atoms with E-state index >= 15 is 0 Å². The van der Waals surface area contributed by atoms with Crippen LogP contribution < -0.4 is 0 Å². The maximum atomic E-state index is 5.41. The van der Waals surface area contributed by atoms with Gasteiger partial charge < -0.3 is 4.84 Å². The summed E-state index contributed by atoms with van der Waals surface area (Å²) in [6.07, 6.45) is 12.6. The van der Waals surface area contributed by atoms with Gasteiger partial charge in [-0.2, -0.15) is 0 Å². The molecule has 2 nitrogen and oxygen atoms in total. The van der Waals surface area contributed by atoms with Gasteiger partial charge in [0.1, 0.15) is 0 Å². The quantitative estimate of drug-likeness (QED) is 0.553. The van der Waals surface area contributed by atoms with Gasteiger partial charge in [-0.3, -0.25) is 0 Å². The highest BCUT2D eigenvalue weighted by molar-refractivity contribution is 5.89. The van der Waals surface area contributed by atoms with Crippen LogP contribution in [0.3, 0.4) is 0 Å². The monoisotopic (exact) mass is 175 g/mol. The molecule has 13 heavy (non-hydrogen) atoms. The van der Waals surface area contributed by atoms with Crippen molar-refractivity contribution >= 4 is 5.71 Å².